The minimum absolute atomic E-state index is 0.0943. The molecule has 0 unspecified atom stereocenters. The summed E-state index contributed by atoms with van der Waals surface area (Å²) in [5, 5.41) is 12.2. The molecule has 0 atom stereocenters. The van der Waals surface area contributed by atoms with Crippen molar-refractivity contribution in [2.75, 3.05) is 17.7 Å². The van der Waals surface area contributed by atoms with Gasteiger partial charge in [-0.15, -0.1) is 16.8 Å². The first-order chi connectivity index (χ1) is 14.7. The normalized spacial score (nSPS) is 10.6. The largest absolute Gasteiger partial charge is 0.494 e. The van der Waals surface area contributed by atoms with E-state index < -0.39 is 0 Å². The van der Waals surface area contributed by atoms with Crippen molar-refractivity contribution >= 4 is 23.4 Å². The average molecular weight is 423 g/mol. The number of hydrogen-bond acceptors (Lipinski definition) is 5. The summed E-state index contributed by atoms with van der Waals surface area (Å²) < 4.78 is 7.43. The Bertz CT molecular complexity index is 955. The fourth-order valence-corrected chi connectivity index (χ4v) is 3.72. The number of carbonyl (C=O) groups is 1. The van der Waals surface area contributed by atoms with E-state index in [1.807, 2.05) is 60.0 Å². The number of allylic oxidation sites excluding steroid dienone is 1. The molecule has 1 heterocycles. The summed E-state index contributed by atoms with van der Waals surface area (Å²) in [7, 11) is 0. The standard InChI is InChI=1S/C23H26N4O2S/c1-3-16-27-21(15-10-18-8-6-5-7-9-18)25-26-23(27)30-17-22(28)24-19-11-13-20(14-12-19)29-4-2/h3,5-9,11-14H,1,4,10,15-17H2,2H3,(H,24,28). The third-order valence-corrected chi connectivity index (χ3v) is 5.33. The number of nitrogens with one attached hydrogen (secondary N) is 1. The number of thioether (sulfide) groups is 1. The molecule has 0 bridgehead atoms. The Hall–Kier alpha value is -3.06. The Balaban J connectivity index is 1.56. The summed E-state index contributed by atoms with van der Waals surface area (Å²) in [4.78, 5) is 12.3. The maximum absolute atomic E-state index is 12.3. The van der Waals surface area contributed by atoms with Gasteiger partial charge in [0.25, 0.3) is 0 Å². The van der Waals surface area contributed by atoms with E-state index >= 15 is 0 Å². The van der Waals surface area contributed by atoms with Gasteiger partial charge in [-0.3, -0.25) is 4.79 Å². The van der Waals surface area contributed by atoms with Gasteiger partial charge in [0.15, 0.2) is 5.16 Å². The van der Waals surface area contributed by atoms with Crippen LogP contribution in [-0.2, 0) is 24.2 Å². The van der Waals surface area contributed by atoms with Crippen molar-refractivity contribution in [3.05, 3.63) is 78.6 Å². The first-order valence-corrected chi connectivity index (χ1v) is 10.9. The number of benzene rings is 2. The molecule has 6 nitrogen and oxygen atoms in total. The summed E-state index contributed by atoms with van der Waals surface area (Å²) in [5.74, 6) is 1.84. The molecule has 30 heavy (non-hydrogen) atoms. The maximum Gasteiger partial charge on any atom is 0.234 e. The van der Waals surface area contributed by atoms with Crippen LogP contribution in [0.1, 0.15) is 18.3 Å². The highest BCUT2D eigenvalue weighted by atomic mass is 32.2. The van der Waals surface area contributed by atoms with E-state index in [1.165, 1.54) is 17.3 Å². The number of ether oxygens (including phenoxy) is 1. The van der Waals surface area contributed by atoms with E-state index in [2.05, 4.69) is 34.2 Å². The van der Waals surface area contributed by atoms with Crippen molar-refractivity contribution in [1.82, 2.24) is 14.8 Å². The first kappa shape index (κ1) is 21.6. The van der Waals surface area contributed by atoms with Gasteiger partial charge in [0.05, 0.1) is 12.4 Å². The molecule has 1 aromatic heterocycles. The Morgan fingerprint density at radius 3 is 2.60 bits per heavy atom. The maximum atomic E-state index is 12.3. The van der Waals surface area contributed by atoms with Gasteiger partial charge in [-0.05, 0) is 43.2 Å². The van der Waals surface area contributed by atoms with Crippen LogP contribution < -0.4 is 10.1 Å². The Morgan fingerprint density at radius 2 is 1.90 bits per heavy atom. The van der Waals surface area contributed by atoms with Gasteiger partial charge >= 0.3 is 0 Å². The Morgan fingerprint density at radius 1 is 1.13 bits per heavy atom. The number of anilines is 1. The predicted molar refractivity (Wildman–Crippen MR) is 121 cm³/mol. The summed E-state index contributed by atoms with van der Waals surface area (Å²) >= 11 is 1.37. The van der Waals surface area contributed by atoms with Crippen LogP contribution >= 0.6 is 11.8 Å². The van der Waals surface area contributed by atoms with E-state index in [0.717, 1.165) is 35.3 Å². The molecule has 0 aliphatic heterocycles. The lowest BCUT2D eigenvalue weighted by Crippen LogP contribution is -2.14. The number of carbonyl (C=O) groups excluding carboxylic acids is 1. The van der Waals surface area contributed by atoms with Crippen molar-refractivity contribution in [2.45, 2.75) is 31.5 Å². The second kappa shape index (κ2) is 11.2. The molecule has 0 fully saturated rings. The van der Waals surface area contributed by atoms with E-state index in [4.69, 9.17) is 4.74 Å². The number of aromatic nitrogens is 3. The highest BCUT2D eigenvalue weighted by Crippen LogP contribution is 2.20. The number of nitrogens with zero attached hydrogens (tertiary/aromatic N) is 3. The smallest absolute Gasteiger partial charge is 0.234 e. The van der Waals surface area contributed by atoms with Crippen molar-refractivity contribution < 1.29 is 9.53 Å². The lowest BCUT2D eigenvalue weighted by molar-refractivity contribution is -0.113. The van der Waals surface area contributed by atoms with Gasteiger partial charge in [0.1, 0.15) is 11.6 Å². The van der Waals surface area contributed by atoms with Crippen LogP contribution in [0.4, 0.5) is 5.69 Å². The lowest BCUT2D eigenvalue weighted by atomic mass is 10.1. The van der Waals surface area contributed by atoms with Gasteiger partial charge < -0.3 is 14.6 Å². The van der Waals surface area contributed by atoms with E-state index in [0.29, 0.717) is 13.2 Å². The van der Waals surface area contributed by atoms with Crippen LogP contribution in [0.5, 0.6) is 5.75 Å². The van der Waals surface area contributed by atoms with Gasteiger partial charge in [0, 0.05) is 18.7 Å². The third kappa shape index (κ3) is 6.22. The van der Waals surface area contributed by atoms with Crippen LogP contribution in [0.2, 0.25) is 0 Å². The second-order valence-electron chi connectivity index (χ2n) is 6.58. The molecule has 0 saturated carbocycles. The van der Waals surface area contributed by atoms with Crippen LogP contribution in [0.15, 0.2) is 72.4 Å². The molecule has 0 saturated heterocycles. The molecule has 0 spiro atoms. The third-order valence-electron chi connectivity index (χ3n) is 4.37. The van der Waals surface area contributed by atoms with Crippen molar-refractivity contribution in [3.63, 3.8) is 0 Å². The minimum atomic E-state index is -0.0943. The summed E-state index contributed by atoms with van der Waals surface area (Å²) in [5.41, 5.74) is 2.00. The molecular weight excluding hydrogens is 396 g/mol. The SMILES string of the molecule is C=CCn1c(CCc2ccccc2)nnc1SCC(=O)Nc1ccc(OCC)cc1. The zero-order chi connectivity index (χ0) is 21.2. The van der Waals surface area contributed by atoms with Crippen LogP contribution in [0.25, 0.3) is 0 Å². The van der Waals surface area contributed by atoms with Crippen LogP contribution in [0, 0.1) is 0 Å². The zero-order valence-electron chi connectivity index (χ0n) is 17.1. The quantitative estimate of drug-likeness (QED) is 0.367. The minimum Gasteiger partial charge on any atom is -0.494 e. The van der Waals surface area contributed by atoms with E-state index in [1.54, 1.807) is 0 Å². The molecule has 0 radical (unpaired) electrons. The van der Waals surface area contributed by atoms with E-state index in [-0.39, 0.29) is 11.7 Å². The lowest BCUT2D eigenvalue weighted by Gasteiger charge is -2.09. The zero-order valence-corrected chi connectivity index (χ0v) is 17.9. The summed E-state index contributed by atoms with van der Waals surface area (Å²) in [6, 6.07) is 17.6. The fraction of sp³-hybridized carbons (Fsp3) is 0.261. The molecule has 3 aromatic rings. The molecule has 0 aliphatic rings. The van der Waals surface area contributed by atoms with Gasteiger partial charge in [-0.1, -0.05) is 48.2 Å². The van der Waals surface area contributed by atoms with Gasteiger partial charge in [-0.2, -0.15) is 0 Å². The predicted octanol–water partition coefficient (Wildman–Crippen LogP) is 4.38. The van der Waals surface area contributed by atoms with Crippen molar-refractivity contribution in [2.24, 2.45) is 0 Å². The highest BCUT2D eigenvalue weighted by molar-refractivity contribution is 7.99. The molecule has 7 heteroatoms. The molecule has 156 valence electrons. The summed E-state index contributed by atoms with van der Waals surface area (Å²) in [6.07, 6.45) is 3.49. The number of hydrogen-bond donors (Lipinski definition) is 1. The van der Waals surface area contributed by atoms with Crippen LogP contribution in [0.3, 0.4) is 0 Å². The molecular formula is C23H26N4O2S. The Kier molecular flexibility index (Phi) is 8.09. The monoisotopic (exact) mass is 422 g/mol. The summed E-state index contributed by atoms with van der Waals surface area (Å²) in [6.45, 7) is 6.99. The van der Waals surface area contributed by atoms with Crippen molar-refractivity contribution in [1.29, 1.82) is 0 Å². The molecule has 1 amide bonds. The number of amides is 1. The Labute approximate surface area is 181 Å². The second-order valence-corrected chi connectivity index (χ2v) is 7.52. The number of aryl methyl sites for hydroxylation is 2. The number of rotatable bonds is 11. The van der Waals surface area contributed by atoms with Crippen LogP contribution in [-0.4, -0.2) is 33.0 Å². The van der Waals surface area contributed by atoms with Gasteiger partial charge in [0.2, 0.25) is 5.91 Å². The van der Waals surface area contributed by atoms with Crippen molar-refractivity contribution in [3.8, 4) is 5.75 Å². The highest BCUT2D eigenvalue weighted by Gasteiger charge is 2.14. The molecule has 3 rings (SSSR count). The van der Waals surface area contributed by atoms with Gasteiger partial charge in [-0.25, -0.2) is 0 Å². The molecule has 0 aliphatic carbocycles. The molecule has 1 N–H and O–H groups in total. The fourth-order valence-electron chi connectivity index (χ4n) is 2.95. The first-order valence-electron chi connectivity index (χ1n) is 9.92. The van der Waals surface area contributed by atoms with E-state index in [9.17, 15) is 4.79 Å². The average Bonchev–Trinajstić information content (AvgIpc) is 3.15. The molecule has 2 aromatic carbocycles. The topological polar surface area (TPSA) is 69.0 Å².